The van der Waals surface area contributed by atoms with Crippen molar-refractivity contribution in [2.45, 2.75) is 26.0 Å². The quantitative estimate of drug-likeness (QED) is 0.807. The molecule has 0 amide bonds. The minimum Gasteiger partial charge on any atom is -0.486 e. The van der Waals surface area contributed by atoms with Gasteiger partial charge in [0.1, 0.15) is 12.7 Å². The Hall–Kier alpha value is -2.07. The van der Waals surface area contributed by atoms with Gasteiger partial charge in [0, 0.05) is 13.1 Å². The molecule has 1 aliphatic rings. The SMILES string of the molecule is CCCN(Cc1ccccc1)C[C@H]1COc2cccc(F)c2O1. The Balaban J connectivity index is 1.65. The van der Waals surface area contributed by atoms with Crippen LogP contribution in [0.25, 0.3) is 0 Å². The van der Waals surface area contributed by atoms with Gasteiger partial charge in [-0.1, -0.05) is 43.3 Å². The van der Waals surface area contributed by atoms with Crippen molar-refractivity contribution in [2.24, 2.45) is 0 Å². The van der Waals surface area contributed by atoms with Crippen LogP contribution in [0.1, 0.15) is 18.9 Å². The summed E-state index contributed by atoms with van der Waals surface area (Å²) in [5, 5.41) is 0. The van der Waals surface area contributed by atoms with E-state index in [9.17, 15) is 4.39 Å². The molecule has 0 fully saturated rings. The first-order valence-electron chi connectivity index (χ1n) is 8.10. The summed E-state index contributed by atoms with van der Waals surface area (Å²) >= 11 is 0. The van der Waals surface area contributed by atoms with Crippen molar-refractivity contribution < 1.29 is 13.9 Å². The minimum atomic E-state index is -0.364. The topological polar surface area (TPSA) is 21.7 Å². The molecule has 0 bridgehead atoms. The lowest BCUT2D eigenvalue weighted by Crippen LogP contribution is -2.41. The summed E-state index contributed by atoms with van der Waals surface area (Å²) < 4.78 is 25.3. The number of hydrogen-bond donors (Lipinski definition) is 0. The van der Waals surface area contributed by atoms with E-state index in [0.717, 1.165) is 26.1 Å². The van der Waals surface area contributed by atoms with Crippen LogP contribution in [0.5, 0.6) is 11.5 Å². The Morgan fingerprint density at radius 3 is 2.74 bits per heavy atom. The third kappa shape index (κ3) is 4.02. The molecule has 0 aliphatic carbocycles. The Morgan fingerprint density at radius 1 is 1.13 bits per heavy atom. The molecule has 0 saturated carbocycles. The fourth-order valence-electron chi connectivity index (χ4n) is 2.87. The highest BCUT2D eigenvalue weighted by Crippen LogP contribution is 2.34. The van der Waals surface area contributed by atoms with Crippen molar-refractivity contribution >= 4 is 0 Å². The second-order valence-corrected chi connectivity index (χ2v) is 5.84. The standard InChI is InChI=1S/C19H22FNO2/c1-2-11-21(12-15-7-4-3-5-8-15)13-16-14-22-18-10-6-9-17(20)19(18)23-16/h3-10,16H,2,11-14H2,1H3/t16-/m0/s1. The summed E-state index contributed by atoms with van der Waals surface area (Å²) in [7, 11) is 0. The molecule has 3 rings (SSSR count). The number of benzene rings is 2. The number of para-hydroxylation sites is 1. The summed E-state index contributed by atoms with van der Waals surface area (Å²) in [5.74, 6) is 0.364. The van der Waals surface area contributed by atoms with Crippen molar-refractivity contribution in [3.05, 3.63) is 59.9 Å². The number of ether oxygens (including phenoxy) is 2. The van der Waals surface area contributed by atoms with E-state index in [1.807, 2.05) is 18.2 Å². The number of nitrogens with zero attached hydrogens (tertiary/aromatic N) is 1. The molecule has 0 N–H and O–H groups in total. The van der Waals surface area contributed by atoms with Crippen molar-refractivity contribution in [2.75, 3.05) is 19.7 Å². The second-order valence-electron chi connectivity index (χ2n) is 5.84. The van der Waals surface area contributed by atoms with Gasteiger partial charge in [-0.05, 0) is 30.7 Å². The van der Waals surface area contributed by atoms with E-state index in [2.05, 4.69) is 24.0 Å². The van der Waals surface area contributed by atoms with Crippen LogP contribution in [-0.4, -0.2) is 30.7 Å². The van der Waals surface area contributed by atoms with Gasteiger partial charge in [-0.2, -0.15) is 0 Å². The van der Waals surface area contributed by atoms with E-state index in [4.69, 9.17) is 9.47 Å². The van der Waals surface area contributed by atoms with Crippen LogP contribution in [0.15, 0.2) is 48.5 Å². The lowest BCUT2D eigenvalue weighted by atomic mass is 10.2. The van der Waals surface area contributed by atoms with Gasteiger partial charge in [0.15, 0.2) is 17.3 Å². The summed E-state index contributed by atoms with van der Waals surface area (Å²) in [6, 6.07) is 15.1. The van der Waals surface area contributed by atoms with E-state index in [1.54, 1.807) is 12.1 Å². The third-order valence-electron chi connectivity index (χ3n) is 3.89. The summed E-state index contributed by atoms with van der Waals surface area (Å²) in [5.41, 5.74) is 1.27. The molecule has 0 spiro atoms. The van der Waals surface area contributed by atoms with Gasteiger partial charge in [0.05, 0.1) is 0 Å². The molecule has 0 saturated heterocycles. The lowest BCUT2D eigenvalue weighted by molar-refractivity contribution is 0.0524. The summed E-state index contributed by atoms with van der Waals surface area (Å²) in [6.07, 6.45) is 0.903. The first kappa shape index (κ1) is 15.8. The zero-order valence-corrected chi connectivity index (χ0v) is 13.4. The average Bonchev–Trinajstić information content (AvgIpc) is 2.57. The first-order valence-corrected chi connectivity index (χ1v) is 8.10. The zero-order valence-electron chi connectivity index (χ0n) is 13.4. The summed E-state index contributed by atoms with van der Waals surface area (Å²) in [4.78, 5) is 2.33. The van der Waals surface area contributed by atoms with Gasteiger partial charge in [0.2, 0.25) is 0 Å². The van der Waals surface area contributed by atoms with Crippen LogP contribution in [0.3, 0.4) is 0 Å². The molecule has 1 aliphatic heterocycles. The molecule has 1 atom stereocenters. The van der Waals surface area contributed by atoms with E-state index in [0.29, 0.717) is 12.4 Å². The number of halogens is 1. The van der Waals surface area contributed by atoms with Crippen LogP contribution in [0.4, 0.5) is 4.39 Å². The van der Waals surface area contributed by atoms with Gasteiger partial charge in [-0.15, -0.1) is 0 Å². The van der Waals surface area contributed by atoms with E-state index in [1.165, 1.54) is 11.6 Å². The molecule has 3 nitrogen and oxygen atoms in total. The Morgan fingerprint density at radius 2 is 1.96 bits per heavy atom. The fraction of sp³-hybridized carbons (Fsp3) is 0.368. The first-order chi connectivity index (χ1) is 11.3. The number of rotatable bonds is 6. The normalized spacial score (nSPS) is 16.6. The second kappa shape index (κ2) is 7.47. The average molecular weight is 315 g/mol. The monoisotopic (exact) mass is 315 g/mol. The minimum absolute atomic E-state index is 0.158. The third-order valence-corrected chi connectivity index (χ3v) is 3.89. The van der Waals surface area contributed by atoms with Crippen molar-refractivity contribution in [3.8, 4) is 11.5 Å². The molecular formula is C19H22FNO2. The Bertz CT molecular complexity index is 633. The predicted octanol–water partition coefficient (Wildman–Crippen LogP) is 3.88. The molecule has 122 valence electrons. The smallest absolute Gasteiger partial charge is 0.197 e. The van der Waals surface area contributed by atoms with E-state index >= 15 is 0 Å². The van der Waals surface area contributed by atoms with Gasteiger partial charge in [-0.25, -0.2) is 4.39 Å². The largest absolute Gasteiger partial charge is 0.486 e. The molecule has 0 unspecified atom stereocenters. The van der Waals surface area contributed by atoms with Gasteiger partial charge >= 0.3 is 0 Å². The maximum atomic E-state index is 13.9. The van der Waals surface area contributed by atoms with Crippen LogP contribution < -0.4 is 9.47 Å². The lowest BCUT2D eigenvalue weighted by Gasteiger charge is -2.31. The Labute approximate surface area is 136 Å². The maximum absolute atomic E-state index is 13.9. The van der Waals surface area contributed by atoms with Crippen molar-refractivity contribution in [1.29, 1.82) is 0 Å². The molecule has 1 heterocycles. The maximum Gasteiger partial charge on any atom is 0.197 e. The molecule has 2 aromatic carbocycles. The molecule has 0 aromatic heterocycles. The molecular weight excluding hydrogens is 293 g/mol. The number of fused-ring (bicyclic) bond motifs is 1. The molecule has 0 radical (unpaired) electrons. The van der Waals surface area contributed by atoms with E-state index < -0.39 is 0 Å². The Kier molecular flexibility index (Phi) is 5.13. The van der Waals surface area contributed by atoms with Crippen molar-refractivity contribution in [3.63, 3.8) is 0 Å². The highest BCUT2D eigenvalue weighted by Gasteiger charge is 2.25. The summed E-state index contributed by atoms with van der Waals surface area (Å²) in [6.45, 7) is 5.16. The van der Waals surface area contributed by atoms with Crippen LogP contribution in [0.2, 0.25) is 0 Å². The predicted molar refractivity (Wildman–Crippen MR) is 88.3 cm³/mol. The molecule has 4 heteroatoms. The van der Waals surface area contributed by atoms with Crippen molar-refractivity contribution in [1.82, 2.24) is 4.90 Å². The van der Waals surface area contributed by atoms with Crippen LogP contribution in [0, 0.1) is 5.82 Å². The molecule has 23 heavy (non-hydrogen) atoms. The number of hydrogen-bond acceptors (Lipinski definition) is 3. The van der Waals surface area contributed by atoms with Crippen LogP contribution >= 0.6 is 0 Å². The van der Waals surface area contributed by atoms with Gasteiger partial charge in [-0.3, -0.25) is 4.90 Å². The fourth-order valence-corrected chi connectivity index (χ4v) is 2.87. The van der Waals surface area contributed by atoms with Crippen LogP contribution in [-0.2, 0) is 6.54 Å². The van der Waals surface area contributed by atoms with E-state index in [-0.39, 0.29) is 17.7 Å². The van der Waals surface area contributed by atoms with Gasteiger partial charge < -0.3 is 9.47 Å². The van der Waals surface area contributed by atoms with Gasteiger partial charge in [0.25, 0.3) is 0 Å². The molecule has 2 aromatic rings. The highest BCUT2D eigenvalue weighted by molar-refractivity contribution is 5.42. The zero-order chi connectivity index (χ0) is 16.1. The highest BCUT2D eigenvalue weighted by atomic mass is 19.1.